The summed E-state index contributed by atoms with van der Waals surface area (Å²) in [6, 6.07) is 4.80. The van der Waals surface area contributed by atoms with Crippen LogP contribution in [0.5, 0.6) is 5.75 Å². The molecule has 0 bridgehead atoms. The van der Waals surface area contributed by atoms with Gasteiger partial charge in [-0.05, 0) is 44.2 Å². The Kier molecular flexibility index (Phi) is 8.66. The van der Waals surface area contributed by atoms with Crippen molar-refractivity contribution in [1.82, 2.24) is 20.6 Å². The molecule has 0 saturated carbocycles. The van der Waals surface area contributed by atoms with Crippen LogP contribution in [-0.2, 0) is 12.7 Å². The summed E-state index contributed by atoms with van der Waals surface area (Å²) in [5, 5.41) is 6.09. The van der Waals surface area contributed by atoms with Gasteiger partial charge in [0.2, 0.25) is 5.89 Å². The molecule has 3 rings (SSSR count). The summed E-state index contributed by atoms with van der Waals surface area (Å²) in [6.45, 7) is 7.64. The average Bonchev–Trinajstić information content (AvgIpc) is 3.30. The Bertz CT molecular complexity index is 1350. The third-order valence-corrected chi connectivity index (χ3v) is 5.16. The number of carbonyl (C=O) groups excluding carboxylic acids is 1. The van der Waals surface area contributed by atoms with Crippen molar-refractivity contribution in [2.24, 2.45) is 10.7 Å². The van der Waals surface area contributed by atoms with Crippen molar-refractivity contribution in [3.63, 3.8) is 0 Å². The second kappa shape index (κ2) is 11.7. The van der Waals surface area contributed by atoms with Gasteiger partial charge in [-0.1, -0.05) is 12.7 Å². The Morgan fingerprint density at radius 3 is 2.70 bits per heavy atom. The number of hydrogen-bond acceptors (Lipinski definition) is 8. The average molecular weight is 517 g/mol. The number of nitrogens with two attached hydrogens (primary N) is 1. The maximum Gasteiger partial charge on any atom is 0.433 e. The Labute approximate surface area is 211 Å². The van der Waals surface area contributed by atoms with Crippen molar-refractivity contribution < 1.29 is 27.1 Å². The highest BCUT2D eigenvalue weighted by molar-refractivity contribution is 5.98. The number of fused-ring (bicyclic) bond motifs is 1. The topological polar surface area (TPSA) is 128 Å². The number of oxazole rings is 1. The lowest BCUT2D eigenvalue weighted by atomic mass is 10.1. The third-order valence-electron chi connectivity index (χ3n) is 5.16. The number of pyridine rings is 1. The molecule has 0 fully saturated rings. The summed E-state index contributed by atoms with van der Waals surface area (Å²) in [7, 11) is 1.33. The Morgan fingerprint density at radius 1 is 1.30 bits per heavy atom. The molecule has 4 N–H and O–H groups in total. The lowest BCUT2D eigenvalue weighted by Crippen LogP contribution is -2.40. The van der Waals surface area contributed by atoms with Crippen LogP contribution in [0.3, 0.4) is 0 Å². The smallest absolute Gasteiger partial charge is 0.433 e. The number of hydrogen-bond donors (Lipinski definition) is 3. The van der Waals surface area contributed by atoms with Gasteiger partial charge in [-0.2, -0.15) is 13.2 Å². The number of alkyl halides is 3. The number of allylic oxidation sites excluding steroid dienone is 2. The molecular formula is C25H27F3N6O3. The van der Waals surface area contributed by atoms with Crippen molar-refractivity contribution in [3.8, 4) is 17.2 Å². The van der Waals surface area contributed by atoms with Crippen LogP contribution in [0.2, 0.25) is 0 Å². The Hall–Kier alpha value is -4.19. The zero-order valence-electron chi connectivity index (χ0n) is 20.5. The molecule has 0 spiro atoms. The lowest BCUT2D eigenvalue weighted by molar-refractivity contribution is -0.140. The highest BCUT2D eigenvalue weighted by Crippen LogP contribution is 2.36. The van der Waals surface area contributed by atoms with Crippen LogP contribution in [-0.4, -0.2) is 41.8 Å². The van der Waals surface area contributed by atoms with E-state index in [0.717, 1.165) is 6.07 Å². The van der Waals surface area contributed by atoms with E-state index in [1.54, 1.807) is 25.3 Å². The molecule has 1 aromatic carbocycles. The highest BCUT2D eigenvalue weighted by Gasteiger charge is 2.33. The van der Waals surface area contributed by atoms with Gasteiger partial charge < -0.3 is 25.5 Å². The van der Waals surface area contributed by atoms with Crippen LogP contribution in [0.15, 0.2) is 58.2 Å². The molecule has 196 valence electrons. The lowest BCUT2D eigenvalue weighted by Gasteiger charge is -2.14. The van der Waals surface area contributed by atoms with Crippen LogP contribution < -0.4 is 21.1 Å². The van der Waals surface area contributed by atoms with Crippen molar-refractivity contribution in [2.75, 3.05) is 13.7 Å². The van der Waals surface area contributed by atoms with Gasteiger partial charge in [-0.15, -0.1) is 0 Å². The van der Waals surface area contributed by atoms with Gasteiger partial charge in [0.25, 0.3) is 5.91 Å². The number of benzene rings is 1. The fraction of sp³-hybridized carbons (Fsp3) is 0.280. The Morgan fingerprint density at radius 2 is 2.05 bits per heavy atom. The SMILES string of the molecule is C=C(N=C/C=C\C)NC[C@H](C)NC(=O)c1nc(-c2ccc(OC)c3nc(C(F)(F)F)ccc23)oc1CN. The summed E-state index contributed by atoms with van der Waals surface area (Å²) < 4.78 is 50.6. The van der Waals surface area contributed by atoms with Crippen molar-refractivity contribution >= 4 is 23.0 Å². The fourth-order valence-electron chi connectivity index (χ4n) is 3.36. The molecule has 9 nitrogen and oxygen atoms in total. The molecular weight excluding hydrogens is 489 g/mol. The van der Waals surface area contributed by atoms with Crippen molar-refractivity contribution in [2.45, 2.75) is 32.6 Å². The van der Waals surface area contributed by atoms with E-state index in [1.165, 1.54) is 19.2 Å². The van der Waals surface area contributed by atoms with E-state index in [-0.39, 0.29) is 41.2 Å². The first-order chi connectivity index (χ1) is 17.6. The maximum absolute atomic E-state index is 13.2. The first kappa shape index (κ1) is 27.4. The minimum absolute atomic E-state index is 0.0114. The molecule has 2 heterocycles. The molecule has 1 atom stereocenters. The van der Waals surface area contributed by atoms with E-state index in [4.69, 9.17) is 14.9 Å². The zero-order valence-corrected chi connectivity index (χ0v) is 20.5. The number of nitrogens with one attached hydrogen (secondary N) is 2. The fourth-order valence-corrected chi connectivity index (χ4v) is 3.36. The van der Waals surface area contributed by atoms with Gasteiger partial charge in [-0.3, -0.25) is 4.79 Å². The summed E-state index contributed by atoms with van der Waals surface area (Å²) in [5.74, 6) is 0.183. The molecule has 12 heteroatoms. The molecule has 0 radical (unpaired) electrons. The second-order valence-electron chi connectivity index (χ2n) is 7.91. The second-order valence-corrected chi connectivity index (χ2v) is 7.91. The zero-order chi connectivity index (χ0) is 27.2. The predicted molar refractivity (Wildman–Crippen MR) is 134 cm³/mol. The van der Waals surface area contributed by atoms with Gasteiger partial charge in [0.15, 0.2) is 11.5 Å². The van der Waals surface area contributed by atoms with Crippen LogP contribution >= 0.6 is 0 Å². The summed E-state index contributed by atoms with van der Waals surface area (Å²) in [5.41, 5.74) is 4.99. The van der Waals surface area contributed by atoms with E-state index in [2.05, 4.69) is 32.2 Å². The van der Waals surface area contributed by atoms with Crippen molar-refractivity contribution in [3.05, 3.63) is 66.0 Å². The van der Waals surface area contributed by atoms with Crippen LogP contribution in [0, 0.1) is 0 Å². The summed E-state index contributed by atoms with van der Waals surface area (Å²) in [6.07, 6.45) is 0.538. The Balaban J connectivity index is 1.87. The third kappa shape index (κ3) is 6.53. The number of aromatic nitrogens is 2. The minimum atomic E-state index is -4.63. The number of halogens is 3. The van der Waals surface area contributed by atoms with Crippen LogP contribution in [0.25, 0.3) is 22.4 Å². The molecule has 3 aromatic rings. The standard InChI is InChI=1S/C25H27F3N6O3/c1-5-6-11-30-15(3)31-13-14(2)32-23(35)22-19(12-29)37-24(34-22)17-7-9-18(36-4)21-16(17)8-10-20(33-21)25(26,27)28/h5-11,14,31H,3,12-13,29H2,1-2,4H3,(H,32,35)/b6-5-,30-11?/t14-/m0/s1. The van der Waals surface area contributed by atoms with E-state index < -0.39 is 17.8 Å². The minimum Gasteiger partial charge on any atom is -0.494 e. The van der Waals surface area contributed by atoms with E-state index in [0.29, 0.717) is 23.3 Å². The van der Waals surface area contributed by atoms with Gasteiger partial charge in [0, 0.05) is 29.8 Å². The molecule has 0 aliphatic rings. The molecule has 2 aromatic heterocycles. The molecule has 0 aliphatic carbocycles. The number of methoxy groups -OCH3 is 1. The molecule has 1 amide bonds. The predicted octanol–water partition coefficient (Wildman–Crippen LogP) is 4.20. The monoisotopic (exact) mass is 516 g/mol. The normalized spacial score (nSPS) is 12.8. The van der Waals surface area contributed by atoms with Gasteiger partial charge >= 0.3 is 6.18 Å². The number of carbonyl (C=O) groups is 1. The van der Waals surface area contributed by atoms with E-state index >= 15 is 0 Å². The number of amides is 1. The van der Waals surface area contributed by atoms with Gasteiger partial charge in [-0.25, -0.2) is 15.0 Å². The first-order valence-electron chi connectivity index (χ1n) is 11.2. The maximum atomic E-state index is 13.2. The summed E-state index contributed by atoms with van der Waals surface area (Å²) >= 11 is 0. The first-order valence-corrected chi connectivity index (χ1v) is 11.2. The largest absolute Gasteiger partial charge is 0.494 e. The van der Waals surface area contributed by atoms with Gasteiger partial charge in [0.05, 0.1) is 13.7 Å². The number of rotatable bonds is 10. The van der Waals surface area contributed by atoms with Crippen molar-refractivity contribution in [1.29, 1.82) is 0 Å². The molecule has 37 heavy (non-hydrogen) atoms. The van der Waals surface area contributed by atoms with E-state index in [1.807, 2.05) is 13.0 Å². The number of aliphatic imine (C=N–C) groups is 1. The van der Waals surface area contributed by atoms with Crippen LogP contribution in [0.4, 0.5) is 13.2 Å². The molecule has 0 unspecified atom stereocenters. The quantitative estimate of drug-likeness (QED) is 0.345. The number of ether oxygens (including phenoxy) is 1. The van der Waals surface area contributed by atoms with Gasteiger partial charge in [0.1, 0.15) is 22.8 Å². The molecule has 0 saturated heterocycles. The number of nitrogens with zero attached hydrogens (tertiary/aromatic N) is 3. The summed E-state index contributed by atoms with van der Waals surface area (Å²) in [4.78, 5) is 25.1. The highest BCUT2D eigenvalue weighted by atomic mass is 19.4. The van der Waals surface area contributed by atoms with Crippen LogP contribution in [0.1, 0.15) is 35.8 Å². The molecule has 0 aliphatic heterocycles. The van der Waals surface area contributed by atoms with E-state index in [9.17, 15) is 18.0 Å².